The highest BCUT2D eigenvalue weighted by molar-refractivity contribution is 7.80. The summed E-state index contributed by atoms with van der Waals surface area (Å²) in [6, 6.07) is 0. The molecule has 0 aromatic rings. The summed E-state index contributed by atoms with van der Waals surface area (Å²) in [5.41, 5.74) is 13.1. The van der Waals surface area contributed by atoms with Gasteiger partial charge in [0.2, 0.25) is 0 Å². The zero-order chi connectivity index (χ0) is 16.3. The second kappa shape index (κ2) is 11.0. The molecule has 0 aromatic heterocycles. The van der Waals surface area contributed by atoms with Crippen molar-refractivity contribution in [1.82, 2.24) is 21.5 Å². The van der Waals surface area contributed by atoms with Gasteiger partial charge in [-0.1, -0.05) is 0 Å². The predicted molar refractivity (Wildman–Crippen MR) is 97.3 cm³/mol. The minimum absolute atomic E-state index is 0.453. The molecular weight excluding hydrogens is 306 g/mol. The molecule has 0 aromatic carbocycles. The zero-order valence-corrected chi connectivity index (χ0v) is 14.4. The van der Waals surface area contributed by atoms with Crippen LogP contribution in [-0.2, 0) is 0 Å². The molecule has 0 aliphatic heterocycles. The molecule has 0 saturated carbocycles. The second-order valence-electron chi connectivity index (χ2n) is 3.92. The average molecular weight is 329 g/mol. The van der Waals surface area contributed by atoms with E-state index in [4.69, 9.17) is 30.2 Å². The average Bonchev–Trinajstić information content (AvgIpc) is 2.44. The molecule has 21 heavy (non-hydrogen) atoms. The van der Waals surface area contributed by atoms with Gasteiger partial charge in [0.25, 0.3) is 0 Å². The van der Waals surface area contributed by atoms with E-state index >= 15 is 0 Å². The van der Waals surface area contributed by atoms with E-state index in [-0.39, 0.29) is 0 Å². The molecule has 0 saturated heterocycles. The van der Waals surface area contributed by atoms with Gasteiger partial charge in [-0.05, 0) is 52.1 Å². The summed E-state index contributed by atoms with van der Waals surface area (Å²) in [6.45, 7) is 8.97. The lowest BCUT2D eigenvalue weighted by atomic mass is 10.1. The Morgan fingerprint density at radius 2 is 1.33 bits per heavy atom. The van der Waals surface area contributed by atoms with Gasteiger partial charge in [0.15, 0.2) is 10.2 Å². The van der Waals surface area contributed by atoms with Crippen LogP contribution in [0.3, 0.4) is 0 Å². The highest BCUT2D eigenvalue weighted by atomic mass is 32.1. The number of allylic oxidation sites excluding steroid dienone is 1. The van der Waals surface area contributed by atoms with Crippen molar-refractivity contribution in [1.29, 1.82) is 0 Å². The van der Waals surface area contributed by atoms with Crippen LogP contribution in [-0.4, -0.2) is 34.7 Å². The second-order valence-corrected chi connectivity index (χ2v) is 4.73. The summed E-state index contributed by atoms with van der Waals surface area (Å²) in [4.78, 5) is 0. The fraction of sp³-hybridized carbons (Fsp3) is 0.500. The lowest BCUT2D eigenvalue weighted by Gasteiger charge is -2.09. The Balaban J connectivity index is 4.75. The fourth-order valence-electron chi connectivity index (χ4n) is 1.29. The fourth-order valence-corrected chi connectivity index (χ4v) is 1.67. The summed E-state index contributed by atoms with van der Waals surface area (Å²) >= 11 is 10.1. The minimum atomic E-state index is 0.453. The number of nitrogens with two attached hydrogens (primary N) is 1. The highest BCUT2D eigenvalue weighted by Gasteiger charge is 2.06. The molecule has 118 valence electrons. The van der Waals surface area contributed by atoms with Crippen molar-refractivity contribution in [2.24, 2.45) is 15.9 Å². The topological polar surface area (TPSA) is 98.9 Å². The number of hydrogen-bond acceptors (Lipinski definition) is 5. The van der Waals surface area contributed by atoms with Crippen LogP contribution in [0.2, 0.25) is 0 Å². The van der Waals surface area contributed by atoms with Gasteiger partial charge in [-0.2, -0.15) is 10.2 Å². The monoisotopic (exact) mass is 329 g/mol. The molecule has 0 aliphatic rings. The smallest absolute Gasteiger partial charge is 0.186 e. The van der Waals surface area contributed by atoms with E-state index in [9.17, 15) is 0 Å². The number of hydrazone groups is 2. The molecular formula is C12H23N7S2. The third kappa shape index (κ3) is 8.20. The van der Waals surface area contributed by atoms with Crippen LogP contribution in [0.5, 0.6) is 0 Å². The first-order valence-electron chi connectivity index (χ1n) is 6.55. The Morgan fingerprint density at radius 1 is 0.952 bits per heavy atom. The number of nitrogens with one attached hydrogen (secondary N) is 4. The summed E-state index contributed by atoms with van der Waals surface area (Å²) in [6.07, 6.45) is 1.44. The predicted octanol–water partition coefficient (Wildman–Crippen LogP) is 0.549. The first kappa shape index (κ1) is 19.3. The Hall–Kier alpha value is -1.74. The SMILES string of the molecule is CCNC(=S)NN=C(C)C(=CN)C(C)=NNC(=S)NCC. The van der Waals surface area contributed by atoms with Crippen molar-refractivity contribution >= 4 is 46.1 Å². The molecule has 0 heterocycles. The number of nitrogens with zero attached hydrogens (tertiary/aromatic N) is 2. The number of thiocarbonyl (C=S) groups is 2. The Kier molecular flexibility index (Phi) is 10.1. The molecule has 7 nitrogen and oxygen atoms in total. The van der Waals surface area contributed by atoms with Gasteiger partial charge >= 0.3 is 0 Å². The first-order valence-corrected chi connectivity index (χ1v) is 7.36. The van der Waals surface area contributed by atoms with Crippen LogP contribution in [0.4, 0.5) is 0 Å². The molecule has 0 radical (unpaired) electrons. The summed E-state index contributed by atoms with van der Waals surface area (Å²) in [5, 5.41) is 15.1. The molecule has 9 heteroatoms. The standard InChI is InChI=1S/C12H23N7S2/c1-5-14-11(20)18-16-8(3)10(7-13)9(4)17-19-12(21)15-6-2/h7H,5-6,13H2,1-4H3,(H2,14,18,20)(H2,15,19,21). The van der Waals surface area contributed by atoms with E-state index in [0.29, 0.717) is 27.2 Å². The summed E-state index contributed by atoms with van der Waals surface area (Å²) < 4.78 is 0. The normalized spacial score (nSPS) is 11.4. The molecule has 0 aliphatic carbocycles. The Labute approximate surface area is 136 Å². The molecule has 6 N–H and O–H groups in total. The van der Waals surface area contributed by atoms with E-state index < -0.39 is 0 Å². The van der Waals surface area contributed by atoms with Crippen LogP contribution in [0.1, 0.15) is 27.7 Å². The summed E-state index contributed by atoms with van der Waals surface area (Å²) in [7, 11) is 0. The van der Waals surface area contributed by atoms with E-state index in [1.165, 1.54) is 6.20 Å². The van der Waals surface area contributed by atoms with Gasteiger partial charge in [-0.3, -0.25) is 10.9 Å². The van der Waals surface area contributed by atoms with Crippen molar-refractivity contribution in [2.75, 3.05) is 13.1 Å². The van der Waals surface area contributed by atoms with Crippen LogP contribution in [0, 0.1) is 0 Å². The van der Waals surface area contributed by atoms with E-state index in [2.05, 4.69) is 31.7 Å². The molecule has 0 rings (SSSR count). The Bertz CT molecular complexity index is 417. The van der Waals surface area contributed by atoms with Crippen molar-refractivity contribution in [3.8, 4) is 0 Å². The zero-order valence-electron chi connectivity index (χ0n) is 12.8. The third-order valence-corrected chi connectivity index (χ3v) is 2.74. The van der Waals surface area contributed by atoms with Crippen molar-refractivity contribution in [3.05, 3.63) is 11.8 Å². The van der Waals surface area contributed by atoms with Crippen LogP contribution in [0.15, 0.2) is 22.0 Å². The van der Waals surface area contributed by atoms with Crippen molar-refractivity contribution < 1.29 is 0 Å². The van der Waals surface area contributed by atoms with Gasteiger partial charge in [-0.25, -0.2) is 0 Å². The van der Waals surface area contributed by atoms with Gasteiger partial charge in [0, 0.05) is 24.9 Å². The molecule has 0 fully saturated rings. The largest absolute Gasteiger partial charge is 0.404 e. The number of hydrogen-bond donors (Lipinski definition) is 5. The van der Waals surface area contributed by atoms with Crippen LogP contribution in [0.25, 0.3) is 0 Å². The number of rotatable bonds is 6. The highest BCUT2D eigenvalue weighted by Crippen LogP contribution is 1.99. The minimum Gasteiger partial charge on any atom is -0.404 e. The van der Waals surface area contributed by atoms with Crippen molar-refractivity contribution in [2.45, 2.75) is 27.7 Å². The first-order chi connectivity index (χ1) is 9.96. The lowest BCUT2D eigenvalue weighted by Crippen LogP contribution is -2.33. The van der Waals surface area contributed by atoms with Gasteiger partial charge < -0.3 is 16.4 Å². The third-order valence-electron chi connectivity index (χ3n) is 2.27. The molecule has 0 unspecified atom stereocenters. The van der Waals surface area contributed by atoms with Gasteiger partial charge in [-0.15, -0.1) is 0 Å². The maximum absolute atomic E-state index is 5.63. The quantitative estimate of drug-likeness (QED) is 0.276. The lowest BCUT2D eigenvalue weighted by molar-refractivity contribution is 0.898. The molecule has 0 amide bonds. The maximum Gasteiger partial charge on any atom is 0.186 e. The van der Waals surface area contributed by atoms with Gasteiger partial charge in [0.05, 0.1) is 11.4 Å². The van der Waals surface area contributed by atoms with E-state index in [1.54, 1.807) is 0 Å². The summed E-state index contributed by atoms with van der Waals surface area (Å²) in [5.74, 6) is 0. The molecule has 0 atom stereocenters. The van der Waals surface area contributed by atoms with Crippen LogP contribution >= 0.6 is 24.4 Å². The van der Waals surface area contributed by atoms with Gasteiger partial charge in [0.1, 0.15) is 0 Å². The maximum atomic E-state index is 5.63. The molecule has 0 spiro atoms. The Morgan fingerprint density at radius 3 is 1.62 bits per heavy atom. The molecule has 0 bridgehead atoms. The van der Waals surface area contributed by atoms with E-state index in [0.717, 1.165) is 13.1 Å². The van der Waals surface area contributed by atoms with Crippen molar-refractivity contribution in [3.63, 3.8) is 0 Å². The van der Waals surface area contributed by atoms with E-state index in [1.807, 2.05) is 27.7 Å². The van der Waals surface area contributed by atoms with Crippen LogP contribution < -0.4 is 27.2 Å².